The first-order chi connectivity index (χ1) is 13.0. The van der Waals surface area contributed by atoms with Crippen molar-refractivity contribution in [2.24, 2.45) is 0 Å². The van der Waals surface area contributed by atoms with Crippen LogP contribution in [0, 0.1) is 0 Å². The second-order valence-electron chi connectivity index (χ2n) is 6.21. The molecular formula is C20H21N3O4. The van der Waals surface area contributed by atoms with Gasteiger partial charge in [-0.2, -0.15) is 0 Å². The van der Waals surface area contributed by atoms with Crippen LogP contribution in [0.4, 0.5) is 0 Å². The Hall–Kier alpha value is -3.35. The number of likely N-dealkylation sites (N-methyl/N-ethyl adjacent to an activating group) is 1. The summed E-state index contributed by atoms with van der Waals surface area (Å²) in [6, 6.07) is 12.6. The maximum absolute atomic E-state index is 12.6. The van der Waals surface area contributed by atoms with Crippen LogP contribution in [-0.4, -0.2) is 41.0 Å². The Labute approximate surface area is 155 Å². The molecule has 7 heteroatoms. The summed E-state index contributed by atoms with van der Waals surface area (Å²) in [5, 5.41) is 0. The highest BCUT2D eigenvalue weighted by Crippen LogP contribution is 2.18. The van der Waals surface area contributed by atoms with Crippen LogP contribution in [0.1, 0.15) is 22.8 Å². The average Bonchev–Trinajstić information content (AvgIpc) is 2.68. The number of amides is 1. The molecule has 0 saturated heterocycles. The van der Waals surface area contributed by atoms with Crippen LogP contribution in [0.5, 0.6) is 5.75 Å². The molecule has 0 bridgehead atoms. The van der Waals surface area contributed by atoms with E-state index in [1.807, 2.05) is 24.3 Å². The van der Waals surface area contributed by atoms with Gasteiger partial charge in [0, 0.05) is 12.6 Å². The van der Waals surface area contributed by atoms with E-state index in [-0.39, 0.29) is 5.91 Å². The van der Waals surface area contributed by atoms with Crippen molar-refractivity contribution in [3.63, 3.8) is 0 Å². The molecule has 0 radical (unpaired) electrons. The fourth-order valence-electron chi connectivity index (χ4n) is 2.80. The van der Waals surface area contributed by atoms with Crippen molar-refractivity contribution in [3.8, 4) is 5.75 Å². The summed E-state index contributed by atoms with van der Waals surface area (Å²) in [4.78, 5) is 41.9. The number of aromatic amines is 2. The van der Waals surface area contributed by atoms with Crippen LogP contribution in [0.25, 0.3) is 11.0 Å². The molecule has 1 amide bonds. The Morgan fingerprint density at radius 2 is 1.74 bits per heavy atom. The van der Waals surface area contributed by atoms with Crippen molar-refractivity contribution >= 4 is 16.9 Å². The lowest BCUT2D eigenvalue weighted by molar-refractivity contribution is 0.0773. The van der Waals surface area contributed by atoms with Crippen LogP contribution in [0.3, 0.4) is 0 Å². The van der Waals surface area contributed by atoms with Gasteiger partial charge >= 0.3 is 11.1 Å². The maximum atomic E-state index is 12.6. The number of ether oxygens (including phenoxy) is 1. The van der Waals surface area contributed by atoms with Gasteiger partial charge in [-0.1, -0.05) is 25.1 Å². The summed E-state index contributed by atoms with van der Waals surface area (Å²) in [6.45, 7) is 2.85. The van der Waals surface area contributed by atoms with Crippen molar-refractivity contribution in [2.75, 3.05) is 20.2 Å². The molecule has 140 valence electrons. The third kappa shape index (κ3) is 4.08. The van der Waals surface area contributed by atoms with E-state index in [2.05, 4.69) is 16.9 Å². The van der Waals surface area contributed by atoms with Crippen LogP contribution < -0.4 is 15.9 Å². The summed E-state index contributed by atoms with van der Waals surface area (Å²) in [5.74, 6) is 0.629. The van der Waals surface area contributed by atoms with Gasteiger partial charge in [0.05, 0.1) is 17.6 Å². The molecule has 0 aliphatic carbocycles. The first-order valence-electron chi connectivity index (χ1n) is 8.72. The number of benzene rings is 2. The van der Waals surface area contributed by atoms with E-state index >= 15 is 0 Å². The zero-order chi connectivity index (χ0) is 19.4. The van der Waals surface area contributed by atoms with E-state index in [9.17, 15) is 14.4 Å². The highest BCUT2D eigenvalue weighted by Gasteiger charge is 2.13. The van der Waals surface area contributed by atoms with Gasteiger partial charge < -0.3 is 19.6 Å². The monoisotopic (exact) mass is 367 g/mol. The molecule has 1 aromatic heterocycles. The van der Waals surface area contributed by atoms with E-state index in [1.165, 1.54) is 0 Å². The van der Waals surface area contributed by atoms with Crippen LogP contribution >= 0.6 is 0 Å². The van der Waals surface area contributed by atoms with Gasteiger partial charge in [-0.3, -0.25) is 14.4 Å². The molecule has 3 aromatic rings. The van der Waals surface area contributed by atoms with Crippen molar-refractivity contribution in [2.45, 2.75) is 13.3 Å². The molecule has 7 nitrogen and oxygen atoms in total. The summed E-state index contributed by atoms with van der Waals surface area (Å²) < 4.78 is 5.80. The number of carbonyl (C=O) groups excluding carboxylic acids is 1. The number of aryl methyl sites for hydroxylation is 1. The van der Waals surface area contributed by atoms with E-state index in [1.54, 1.807) is 30.1 Å². The molecule has 0 atom stereocenters. The molecule has 0 fully saturated rings. The SMILES string of the molecule is CCc1ccccc1OCCN(C)C(=O)c1ccc2[nH]c(=O)c(=O)[nH]c2c1. The number of hydrogen-bond donors (Lipinski definition) is 2. The van der Waals surface area contributed by atoms with Gasteiger partial charge in [-0.15, -0.1) is 0 Å². The number of para-hydroxylation sites is 1. The van der Waals surface area contributed by atoms with Crippen molar-refractivity contribution in [1.29, 1.82) is 0 Å². The first kappa shape index (κ1) is 18.4. The molecule has 0 aliphatic heterocycles. The highest BCUT2D eigenvalue weighted by molar-refractivity contribution is 5.97. The van der Waals surface area contributed by atoms with E-state index in [0.717, 1.165) is 17.7 Å². The minimum Gasteiger partial charge on any atom is -0.491 e. The number of carbonyl (C=O) groups is 1. The Balaban J connectivity index is 1.68. The minimum absolute atomic E-state index is 0.198. The number of H-pyrrole nitrogens is 2. The summed E-state index contributed by atoms with van der Waals surface area (Å²) in [7, 11) is 1.69. The topological polar surface area (TPSA) is 95.3 Å². The highest BCUT2D eigenvalue weighted by atomic mass is 16.5. The smallest absolute Gasteiger partial charge is 0.314 e. The van der Waals surface area contributed by atoms with Gasteiger partial charge in [0.1, 0.15) is 12.4 Å². The molecule has 0 aliphatic rings. The van der Waals surface area contributed by atoms with Gasteiger partial charge in [0.15, 0.2) is 0 Å². The Bertz CT molecular complexity index is 1080. The van der Waals surface area contributed by atoms with Gasteiger partial charge in [-0.05, 0) is 36.2 Å². The van der Waals surface area contributed by atoms with E-state index < -0.39 is 11.1 Å². The normalized spacial score (nSPS) is 10.7. The molecule has 3 rings (SSSR count). The number of aromatic nitrogens is 2. The molecule has 1 heterocycles. The third-order valence-electron chi connectivity index (χ3n) is 4.35. The lowest BCUT2D eigenvalue weighted by Crippen LogP contribution is -2.31. The zero-order valence-electron chi connectivity index (χ0n) is 15.2. The quantitative estimate of drug-likeness (QED) is 0.651. The lowest BCUT2D eigenvalue weighted by atomic mass is 10.1. The largest absolute Gasteiger partial charge is 0.491 e. The van der Waals surface area contributed by atoms with Crippen LogP contribution in [0.2, 0.25) is 0 Å². The molecule has 0 spiro atoms. The molecule has 2 aromatic carbocycles. The molecule has 27 heavy (non-hydrogen) atoms. The van der Waals surface area contributed by atoms with E-state index in [4.69, 9.17) is 4.74 Å². The molecular weight excluding hydrogens is 346 g/mol. The molecule has 0 saturated carbocycles. The van der Waals surface area contributed by atoms with E-state index in [0.29, 0.717) is 29.7 Å². The van der Waals surface area contributed by atoms with Crippen molar-refractivity contribution in [3.05, 3.63) is 74.3 Å². The van der Waals surface area contributed by atoms with Crippen molar-refractivity contribution in [1.82, 2.24) is 14.9 Å². The third-order valence-corrected chi connectivity index (χ3v) is 4.35. The summed E-state index contributed by atoms with van der Waals surface area (Å²) in [6.07, 6.45) is 0.877. The number of hydrogen-bond acceptors (Lipinski definition) is 4. The average molecular weight is 367 g/mol. The summed E-state index contributed by atoms with van der Waals surface area (Å²) >= 11 is 0. The second kappa shape index (κ2) is 7.90. The number of fused-ring (bicyclic) bond motifs is 1. The Kier molecular flexibility index (Phi) is 5.40. The number of rotatable bonds is 6. The van der Waals surface area contributed by atoms with Gasteiger partial charge in [0.2, 0.25) is 0 Å². The second-order valence-corrected chi connectivity index (χ2v) is 6.21. The van der Waals surface area contributed by atoms with Crippen molar-refractivity contribution < 1.29 is 9.53 Å². The van der Waals surface area contributed by atoms with Crippen LogP contribution in [-0.2, 0) is 6.42 Å². The zero-order valence-corrected chi connectivity index (χ0v) is 15.2. The standard InChI is InChI=1S/C20H21N3O4/c1-3-13-6-4-5-7-17(13)27-11-10-23(2)20(26)14-8-9-15-16(12-14)22-19(25)18(24)21-15/h4-9,12H,3,10-11H2,1-2H3,(H,21,24)(H,22,25). The fourth-order valence-corrected chi connectivity index (χ4v) is 2.80. The Morgan fingerprint density at radius 3 is 2.48 bits per heavy atom. The Morgan fingerprint density at radius 1 is 1.04 bits per heavy atom. The summed E-state index contributed by atoms with van der Waals surface area (Å²) in [5.41, 5.74) is 0.956. The molecule has 0 unspecified atom stereocenters. The maximum Gasteiger partial charge on any atom is 0.314 e. The minimum atomic E-state index is -0.747. The van der Waals surface area contributed by atoms with Gasteiger partial charge in [0.25, 0.3) is 5.91 Å². The van der Waals surface area contributed by atoms with Gasteiger partial charge in [-0.25, -0.2) is 0 Å². The fraction of sp³-hybridized carbons (Fsp3) is 0.250. The first-order valence-corrected chi connectivity index (χ1v) is 8.72. The molecule has 2 N–H and O–H groups in total. The van der Waals surface area contributed by atoms with Crippen LogP contribution in [0.15, 0.2) is 52.1 Å². The predicted molar refractivity (Wildman–Crippen MR) is 103 cm³/mol. The number of nitrogens with zero attached hydrogens (tertiary/aromatic N) is 1. The lowest BCUT2D eigenvalue weighted by Gasteiger charge is -2.18. The number of nitrogens with one attached hydrogen (secondary N) is 2. The predicted octanol–water partition coefficient (Wildman–Crippen LogP) is 1.93.